The quantitative estimate of drug-likeness (QED) is 0.882. The van der Waals surface area contributed by atoms with Crippen LogP contribution in [0.3, 0.4) is 0 Å². The molecule has 0 spiro atoms. The summed E-state index contributed by atoms with van der Waals surface area (Å²) >= 11 is 0. The zero-order chi connectivity index (χ0) is 17.0. The number of alkyl halides is 2. The minimum absolute atomic E-state index is 0.223. The molecule has 2 aromatic rings. The molecular formula is C17H17F2N3O2. The molecule has 0 radical (unpaired) electrons. The van der Waals surface area contributed by atoms with Gasteiger partial charge in [0, 0.05) is 25.2 Å². The summed E-state index contributed by atoms with van der Waals surface area (Å²) in [7, 11) is 0. The molecular weight excluding hydrogens is 316 g/mol. The fraction of sp³-hybridized carbons (Fsp3) is 0.294. The second-order valence-corrected chi connectivity index (χ2v) is 5.63. The number of ether oxygens (including phenoxy) is 1. The average Bonchev–Trinajstić information content (AvgIpc) is 2.95. The summed E-state index contributed by atoms with van der Waals surface area (Å²) in [5.41, 5.74) is 0.758. The van der Waals surface area contributed by atoms with Crippen molar-refractivity contribution in [2.45, 2.75) is 24.9 Å². The third-order valence-corrected chi connectivity index (χ3v) is 3.66. The Balaban J connectivity index is 1.50. The van der Waals surface area contributed by atoms with E-state index >= 15 is 0 Å². The van der Waals surface area contributed by atoms with Gasteiger partial charge in [0.25, 0.3) is 5.92 Å². The number of nitrogens with zero attached hydrogens (tertiary/aromatic N) is 1. The van der Waals surface area contributed by atoms with Crippen LogP contribution in [0.5, 0.6) is 11.6 Å². The van der Waals surface area contributed by atoms with E-state index in [-0.39, 0.29) is 6.54 Å². The van der Waals surface area contributed by atoms with Crippen LogP contribution in [-0.2, 0) is 11.3 Å². The van der Waals surface area contributed by atoms with Gasteiger partial charge >= 0.3 is 0 Å². The lowest BCUT2D eigenvalue weighted by atomic mass is 10.2. The van der Waals surface area contributed by atoms with Gasteiger partial charge in [0.15, 0.2) is 0 Å². The van der Waals surface area contributed by atoms with Gasteiger partial charge in [-0.05, 0) is 17.7 Å². The SMILES string of the molecule is O=C(NCc1ccc(Oc2ccccc2)nc1)C1CC(F)(F)CN1. The van der Waals surface area contributed by atoms with E-state index in [0.29, 0.717) is 11.6 Å². The molecule has 24 heavy (non-hydrogen) atoms. The molecule has 1 unspecified atom stereocenters. The Labute approximate surface area is 138 Å². The Morgan fingerprint density at radius 1 is 1.29 bits per heavy atom. The normalized spacial score (nSPS) is 19.0. The lowest BCUT2D eigenvalue weighted by Crippen LogP contribution is -2.40. The smallest absolute Gasteiger partial charge is 0.262 e. The number of nitrogens with one attached hydrogen (secondary N) is 2. The highest BCUT2D eigenvalue weighted by Gasteiger charge is 2.42. The van der Waals surface area contributed by atoms with Crippen molar-refractivity contribution in [2.75, 3.05) is 6.54 Å². The third kappa shape index (κ3) is 4.26. The number of amides is 1. The van der Waals surface area contributed by atoms with E-state index in [0.717, 1.165) is 5.56 Å². The molecule has 2 heterocycles. The Morgan fingerprint density at radius 3 is 2.71 bits per heavy atom. The van der Waals surface area contributed by atoms with Crippen molar-refractivity contribution in [3.05, 3.63) is 54.2 Å². The van der Waals surface area contributed by atoms with Gasteiger partial charge in [-0.3, -0.25) is 10.1 Å². The van der Waals surface area contributed by atoms with Gasteiger partial charge in [-0.25, -0.2) is 13.8 Å². The third-order valence-electron chi connectivity index (χ3n) is 3.66. The largest absolute Gasteiger partial charge is 0.439 e. The van der Waals surface area contributed by atoms with Gasteiger partial charge in [0.1, 0.15) is 5.75 Å². The lowest BCUT2D eigenvalue weighted by molar-refractivity contribution is -0.123. The van der Waals surface area contributed by atoms with Crippen LogP contribution in [-0.4, -0.2) is 29.4 Å². The summed E-state index contributed by atoms with van der Waals surface area (Å²) in [4.78, 5) is 16.0. The number of carbonyl (C=O) groups is 1. The van der Waals surface area contributed by atoms with Crippen molar-refractivity contribution in [1.82, 2.24) is 15.6 Å². The molecule has 1 aliphatic rings. The van der Waals surface area contributed by atoms with E-state index in [2.05, 4.69) is 15.6 Å². The van der Waals surface area contributed by atoms with Crippen molar-refractivity contribution < 1.29 is 18.3 Å². The van der Waals surface area contributed by atoms with E-state index in [9.17, 15) is 13.6 Å². The molecule has 1 aromatic heterocycles. The van der Waals surface area contributed by atoms with Gasteiger partial charge in [0.2, 0.25) is 11.8 Å². The molecule has 0 bridgehead atoms. The number of halogens is 2. The summed E-state index contributed by atoms with van der Waals surface area (Å²) in [6, 6.07) is 11.9. The Morgan fingerprint density at radius 2 is 2.08 bits per heavy atom. The Bertz CT molecular complexity index is 693. The first-order valence-electron chi connectivity index (χ1n) is 7.59. The molecule has 1 saturated heterocycles. The molecule has 7 heteroatoms. The van der Waals surface area contributed by atoms with Gasteiger partial charge in [-0.15, -0.1) is 0 Å². The number of pyridine rings is 1. The van der Waals surface area contributed by atoms with Crippen LogP contribution in [0.1, 0.15) is 12.0 Å². The van der Waals surface area contributed by atoms with Crippen LogP contribution >= 0.6 is 0 Å². The second-order valence-electron chi connectivity index (χ2n) is 5.63. The molecule has 1 atom stereocenters. The molecule has 1 aliphatic heterocycles. The van der Waals surface area contributed by atoms with Crippen molar-refractivity contribution in [1.29, 1.82) is 0 Å². The number of benzene rings is 1. The number of hydrogen-bond donors (Lipinski definition) is 2. The number of hydrogen-bond acceptors (Lipinski definition) is 4. The standard InChI is InChI=1S/C17H17F2N3O2/c18-17(19)8-14(22-11-17)16(23)21-10-12-6-7-15(20-9-12)24-13-4-2-1-3-5-13/h1-7,9,14,22H,8,10-11H2,(H,21,23). The van der Waals surface area contributed by atoms with E-state index in [1.165, 1.54) is 0 Å². The molecule has 126 valence electrons. The first-order chi connectivity index (χ1) is 11.5. The number of aromatic nitrogens is 1. The summed E-state index contributed by atoms with van der Waals surface area (Å²) in [6.45, 7) is -0.237. The van der Waals surface area contributed by atoms with Crippen molar-refractivity contribution in [2.24, 2.45) is 0 Å². The highest BCUT2D eigenvalue weighted by atomic mass is 19.3. The summed E-state index contributed by atoms with van der Waals surface area (Å²) in [5.74, 6) is -2.13. The predicted molar refractivity (Wildman–Crippen MR) is 84.0 cm³/mol. The van der Waals surface area contributed by atoms with Crippen molar-refractivity contribution in [3.63, 3.8) is 0 Å². The lowest BCUT2D eigenvalue weighted by Gasteiger charge is -2.11. The molecule has 0 saturated carbocycles. The molecule has 3 rings (SSSR count). The predicted octanol–water partition coefficient (Wildman–Crippen LogP) is 2.49. The Kier molecular flexibility index (Phi) is 4.71. The first-order valence-corrected chi connectivity index (χ1v) is 7.59. The fourth-order valence-electron chi connectivity index (χ4n) is 2.40. The molecule has 2 N–H and O–H groups in total. The topological polar surface area (TPSA) is 63.2 Å². The molecule has 5 nitrogen and oxygen atoms in total. The van der Waals surface area contributed by atoms with E-state index in [1.54, 1.807) is 18.3 Å². The summed E-state index contributed by atoms with van der Waals surface area (Å²) in [5, 5.41) is 5.15. The van der Waals surface area contributed by atoms with Crippen LogP contribution < -0.4 is 15.4 Å². The van der Waals surface area contributed by atoms with Gasteiger partial charge < -0.3 is 10.1 Å². The maximum Gasteiger partial charge on any atom is 0.262 e. The van der Waals surface area contributed by atoms with Crippen LogP contribution in [0.25, 0.3) is 0 Å². The maximum atomic E-state index is 13.1. The zero-order valence-electron chi connectivity index (χ0n) is 12.8. The van der Waals surface area contributed by atoms with Crippen LogP contribution in [0.15, 0.2) is 48.7 Å². The number of carbonyl (C=O) groups excluding carboxylic acids is 1. The maximum absolute atomic E-state index is 13.1. The van der Waals surface area contributed by atoms with Crippen LogP contribution in [0.2, 0.25) is 0 Å². The molecule has 1 aromatic carbocycles. The highest BCUT2D eigenvalue weighted by molar-refractivity contribution is 5.82. The molecule has 0 aliphatic carbocycles. The Hall–Kier alpha value is -2.54. The van der Waals surface area contributed by atoms with Crippen molar-refractivity contribution >= 4 is 5.91 Å². The van der Waals surface area contributed by atoms with E-state index < -0.39 is 30.8 Å². The van der Waals surface area contributed by atoms with Crippen molar-refractivity contribution in [3.8, 4) is 11.6 Å². The number of para-hydroxylation sites is 1. The summed E-state index contributed by atoms with van der Waals surface area (Å²) in [6.07, 6.45) is 1.11. The van der Waals surface area contributed by atoms with E-state index in [1.807, 2.05) is 30.3 Å². The first kappa shape index (κ1) is 16.3. The fourth-order valence-corrected chi connectivity index (χ4v) is 2.40. The molecule has 1 amide bonds. The minimum atomic E-state index is -2.82. The van der Waals surface area contributed by atoms with Crippen LogP contribution in [0.4, 0.5) is 8.78 Å². The number of rotatable bonds is 5. The molecule has 1 fully saturated rings. The minimum Gasteiger partial charge on any atom is -0.439 e. The van der Waals surface area contributed by atoms with Gasteiger partial charge in [-0.1, -0.05) is 24.3 Å². The zero-order valence-corrected chi connectivity index (χ0v) is 12.8. The van der Waals surface area contributed by atoms with Crippen LogP contribution in [0, 0.1) is 0 Å². The monoisotopic (exact) mass is 333 g/mol. The van der Waals surface area contributed by atoms with Gasteiger partial charge in [0.05, 0.1) is 12.6 Å². The average molecular weight is 333 g/mol. The second kappa shape index (κ2) is 6.92. The van der Waals surface area contributed by atoms with E-state index in [4.69, 9.17) is 4.74 Å². The van der Waals surface area contributed by atoms with Gasteiger partial charge in [-0.2, -0.15) is 0 Å². The highest BCUT2D eigenvalue weighted by Crippen LogP contribution is 2.25. The summed E-state index contributed by atoms with van der Waals surface area (Å²) < 4.78 is 31.7.